The van der Waals surface area contributed by atoms with Crippen molar-refractivity contribution in [3.8, 4) is 0 Å². The minimum Gasteiger partial charge on any atom is -0.394 e. The highest BCUT2D eigenvalue weighted by molar-refractivity contribution is 4.76. The van der Waals surface area contributed by atoms with E-state index in [4.69, 9.17) is 19.9 Å². The first-order valence-corrected chi connectivity index (χ1v) is 7.28. The first-order valence-electron chi connectivity index (χ1n) is 7.28. The van der Waals surface area contributed by atoms with Crippen LogP contribution in [0.2, 0.25) is 0 Å². The molecule has 0 bridgehead atoms. The zero-order valence-electron chi connectivity index (χ0n) is 12.1. The molecule has 0 aliphatic heterocycles. The number of hydrogen-bond acceptors (Lipinski definition) is 5. The zero-order chi connectivity index (χ0) is 14.2. The molecule has 0 aliphatic rings. The Morgan fingerprint density at radius 1 is 0.895 bits per heavy atom. The Morgan fingerprint density at radius 3 is 2.05 bits per heavy atom. The normalized spacial score (nSPS) is 11.3. The summed E-state index contributed by atoms with van der Waals surface area (Å²) in [7, 11) is 0. The van der Waals surface area contributed by atoms with Gasteiger partial charge in [-0.15, -0.1) is 5.23 Å². The summed E-state index contributed by atoms with van der Waals surface area (Å²) in [4.78, 5) is 10.2. The lowest BCUT2D eigenvalue weighted by atomic mass is 10.1. The summed E-state index contributed by atoms with van der Waals surface area (Å²) < 4.78 is 0. The molecule has 19 heavy (non-hydrogen) atoms. The predicted molar refractivity (Wildman–Crippen MR) is 75.0 cm³/mol. The molecule has 0 radical (unpaired) electrons. The van der Waals surface area contributed by atoms with Gasteiger partial charge < -0.3 is 10.2 Å². The Bertz CT molecular complexity index is 192. The largest absolute Gasteiger partial charge is 0.394 e. The SMILES string of the molecule is CCCCCCCCC=CN(OCCO)OCCO. The zero-order valence-corrected chi connectivity index (χ0v) is 12.1. The molecule has 0 rings (SSSR count). The molecule has 2 N–H and O–H groups in total. The van der Waals surface area contributed by atoms with E-state index in [-0.39, 0.29) is 26.4 Å². The molecule has 0 amide bonds. The Morgan fingerprint density at radius 2 is 1.47 bits per heavy atom. The minimum atomic E-state index is -0.0652. The fourth-order valence-corrected chi connectivity index (χ4v) is 1.59. The molecular formula is C14H29NO4. The number of nitrogens with zero attached hydrogens (tertiary/aromatic N) is 1. The van der Waals surface area contributed by atoms with Crippen LogP contribution in [-0.4, -0.2) is 41.9 Å². The third-order valence-electron chi connectivity index (χ3n) is 2.57. The van der Waals surface area contributed by atoms with E-state index < -0.39 is 0 Å². The molecule has 0 aromatic heterocycles. The maximum absolute atomic E-state index is 8.67. The average Bonchev–Trinajstić information content (AvgIpc) is 2.43. The minimum absolute atomic E-state index is 0.0652. The van der Waals surface area contributed by atoms with Gasteiger partial charge in [0.2, 0.25) is 0 Å². The summed E-state index contributed by atoms with van der Waals surface area (Å²) in [5, 5.41) is 18.5. The second-order valence-electron chi connectivity index (χ2n) is 4.34. The van der Waals surface area contributed by atoms with Crippen molar-refractivity contribution < 1.29 is 19.9 Å². The maximum Gasteiger partial charge on any atom is 0.101 e. The smallest absolute Gasteiger partial charge is 0.101 e. The molecule has 0 fully saturated rings. The van der Waals surface area contributed by atoms with Crippen molar-refractivity contribution in [3.05, 3.63) is 12.3 Å². The van der Waals surface area contributed by atoms with Gasteiger partial charge in [-0.3, -0.25) is 0 Å². The molecule has 5 heteroatoms. The fourth-order valence-electron chi connectivity index (χ4n) is 1.59. The van der Waals surface area contributed by atoms with Crippen molar-refractivity contribution in [2.75, 3.05) is 26.4 Å². The van der Waals surface area contributed by atoms with Gasteiger partial charge in [0.25, 0.3) is 0 Å². The van der Waals surface area contributed by atoms with Crippen molar-refractivity contribution in [2.24, 2.45) is 0 Å². The van der Waals surface area contributed by atoms with Crippen molar-refractivity contribution >= 4 is 0 Å². The van der Waals surface area contributed by atoms with Crippen molar-refractivity contribution in [1.82, 2.24) is 5.23 Å². The van der Waals surface area contributed by atoms with Crippen molar-refractivity contribution in [3.63, 3.8) is 0 Å². The summed E-state index contributed by atoms with van der Waals surface area (Å²) in [6.07, 6.45) is 12.3. The molecule has 0 heterocycles. The standard InChI is InChI=1S/C14H29NO4/c1-2-3-4-5-6-7-8-9-10-15(18-13-11-16)19-14-12-17/h9-10,16-17H,2-8,11-14H2,1H3. The second-order valence-corrected chi connectivity index (χ2v) is 4.34. The highest BCUT2D eigenvalue weighted by atomic mass is 16.9. The molecule has 5 nitrogen and oxygen atoms in total. The van der Waals surface area contributed by atoms with Crippen LogP contribution < -0.4 is 0 Å². The van der Waals surface area contributed by atoms with Crippen LogP contribution in [0.1, 0.15) is 51.9 Å². The van der Waals surface area contributed by atoms with Crippen LogP contribution in [0.4, 0.5) is 0 Å². The lowest BCUT2D eigenvalue weighted by Gasteiger charge is -2.17. The maximum atomic E-state index is 8.67. The summed E-state index contributed by atoms with van der Waals surface area (Å²) >= 11 is 0. The van der Waals surface area contributed by atoms with Gasteiger partial charge in [0.05, 0.1) is 19.4 Å². The molecule has 0 spiro atoms. The summed E-state index contributed by atoms with van der Waals surface area (Å²) in [5.74, 6) is 0. The number of unbranched alkanes of at least 4 members (excludes halogenated alkanes) is 6. The third-order valence-corrected chi connectivity index (χ3v) is 2.57. The highest BCUT2D eigenvalue weighted by Gasteiger charge is 1.98. The van der Waals surface area contributed by atoms with Crippen LogP contribution in [0.15, 0.2) is 12.3 Å². The number of hydrogen-bond donors (Lipinski definition) is 2. The Hall–Kier alpha value is -0.620. The highest BCUT2D eigenvalue weighted by Crippen LogP contribution is 2.07. The van der Waals surface area contributed by atoms with E-state index in [1.165, 1.54) is 37.3 Å². The van der Waals surface area contributed by atoms with Gasteiger partial charge in [-0.1, -0.05) is 45.1 Å². The van der Waals surface area contributed by atoms with E-state index in [1.54, 1.807) is 6.20 Å². The number of aliphatic hydroxyl groups is 2. The summed E-state index contributed by atoms with van der Waals surface area (Å²) in [6, 6.07) is 0. The van der Waals surface area contributed by atoms with E-state index in [0.717, 1.165) is 12.8 Å². The first kappa shape index (κ1) is 18.4. The lowest BCUT2D eigenvalue weighted by molar-refractivity contribution is -0.339. The number of rotatable bonds is 14. The van der Waals surface area contributed by atoms with Gasteiger partial charge in [0.15, 0.2) is 0 Å². The number of aliphatic hydroxyl groups excluding tert-OH is 2. The van der Waals surface area contributed by atoms with Crippen LogP contribution in [-0.2, 0) is 9.68 Å². The van der Waals surface area contributed by atoms with Crippen LogP contribution in [0.5, 0.6) is 0 Å². The van der Waals surface area contributed by atoms with E-state index in [9.17, 15) is 0 Å². The van der Waals surface area contributed by atoms with Crippen molar-refractivity contribution in [2.45, 2.75) is 51.9 Å². The monoisotopic (exact) mass is 275 g/mol. The predicted octanol–water partition coefficient (Wildman–Crippen LogP) is 2.40. The molecule has 114 valence electrons. The van der Waals surface area contributed by atoms with Crippen LogP contribution >= 0.6 is 0 Å². The van der Waals surface area contributed by atoms with Crippen LogP contribution in [0.25, 0.3) is 0 Å². The van der Waals surface area contributed by atoms with Crippen LogP contribution in [0.3, 0.4) is 0 Å². The molecule has 0 aliphatic carbocycles. The first-order chi connectivity index (χ1) is 9.35. The van der Waals surface area contributed by atoms with Gasteiger partial charge in [0, 0.05) is 0 Å². The molecule has 0 atom stereocenters. The number of allylic oxidation sites excluding steroid dienone is 1. The van der Waals surface area contributed by atoms with Gasteiger partial charge >= 0.3 is 0 Å². The third kappa shape index (κ3) is 13.6. The Balaban J connectivity index is 3.59. The fraction of sp³-hybridized carbons (Fsp3) is 0.857. The molecule has 0 unspecified atom stereocenters. The quantitative estimate of drug-likeness (QED) is 0.376. The van der Waals surface area contributed by atoms with Gasteiger partial charge in [-0.2, -0.15) is 0 Å². The van der Waals surface area contributed by atoms with Crippen LogP contribution in [0, 0.1) is 0 Å². The lowest BCUT2D eigenvalue weighted by Crippen LogP contribution is -2.22. The second kappa shape index (κ2) is 15.4. The van der Waals surface area contributed by atoms with E-state index in [0.29, 0.717) is 0 Å². The van der Waals surface area contributed by atoms with E-state index in [2.05, 4.69) is 6.92 Å². The topological polar surface area (TPSA) is 62.2 Å². The van der Waals surface area contributed by atoms with Gasteiger partial charge in [0.1, 0.15) is 13.2 Å². The van der Waals surface area contributed by atoms with Gasteiger partial charge in [-0.25, -0.2) is 9.68 Å². The molecule has 0 saturated heterocycles. The van der Waals surface area contributed by atoms with E-state index in [1.807, 2.05) is 6.08 Å². The Labute approximate surface area is 116 Å². The molecular weight excluding hydrogens is 246 g/mol. The number of hydroxylamine groups is 2. The molecule has 0 aromatic rings. The van der Waals surface area contributed by atoms with Gasteiger partial charge in [-0.05, 0) is 12.8 Å². The Kier molecular flexibility index (Phi) is 14.9. The van der Waals surface area contributed by atoms with E-state index >= 15 is 0 Å². The summed E-state index contributed by atoms with van der Waals surface area (Å²) in [6.45, 7) is 2.43. The molecule has 0 aromatic carbocycles. The average molecular weight is 275 g/mol. The molecule has 0 saturated carbocycles. The van der Waals surface area contributed by atoms with Crippen molar-refractivity contribution in [1.29, 1.82) is 0 Å². The summed E-state index contributed by atoms with van der Waals surface area (Å²) in [5.41, 5.74) is 0.